The van der Waals surface area contributed by atoms with E-state index in [0.29, 0.717) is 12.5 Å². The molecule has 2 heterocycles. The van der Waals surface area contributed by atoms with Crippen molar-refractivity contribution in [2.24, 2.45) is 4.99 Å². The van der Waals surface area contributed by atoms with Gasteiger partial charge in [0.1, 0.15) is 11.4 Å². The molecule has 0 bridgehead atoms. The molecule has 1 saturated heterocycles. The van der Waals surface area contributed by atoms with Crippen molar-refractivity contribution >= 4 is 41.3 Å². The van der Waals surface area contributed by atoms with Gasteiger partial charge in [-0.15, -0.1) is 24.0 Å². The van der Waals surface area contributed by atoms with E-state index in [1.807, 2.05) is 35.9 Å². The van der Waals surface area contributed by atoms with Gasteiger partial charge >= 0.3 is 0 Å². The Labute approximate surface area is 212 Å². The van der Waals surface area contributed by atoms with E-state index in [0.717, 1.165) is 44.2 Å². The lowest BCUT2D eigenvalue weighted by molar-refractivity contribution is 0.0169. The van der Waals surface area contributed by atoms with E-state index in [9.17, 15) is 5.11 Å². The van der Waals surface area contributed by atoms with Crippen LogP contribution in [0, 0.1) is 0 Å². The summed E-state index contributed by atoms with van der Waals surface area (Å²) in [5.74, 6) is 1.55. The van der Waals surface area contributed by atoms with Crippen molar-refractivity contribution < 1.29 is 14.6 Å². The smallest absolute Gasteiger partial charge is 0.191 e. The summed E-state index contributed by atoms with van der Waals surface area (Å²) >= 11 is 1.58. The highest BCUT2D eigenvalue weighted by Gasteiger charge is 2.25. The summed E-state index contributed by atoms with van der Waals surface area (Å²) in [5.41, 5.74) is 1.11. The molecule has 0 spiro atoms. The topological polar surface area (TPSA) is 78.4 Å². The summed E-state index contributed by atoms with van der Waals surface area (Å²) in [6.07, 6.45) is 0. The normalized spacial score (nSPS) is 17.7. The molecule has 1 aliphatic rings. The number of ether oxygens (including phenoxy) is 2. The molecule has 1 fully saturated rings. The van der Waals surface area contributed by atoms with Crippen LogP contribution in [0.1, 0.15) is 31.0 Å². The Morgan fingerprint density at radius 3 is 2.56 bits per heavy atom. The van der Waals surface area contributed by atoms with Gasteiger partial charge in [0.2, 0.25) is 0 Å². The minimum atomic E-state index is -0.998. The van der Waals surface area contributed by atoms with Gasteiger partial charge in [-0.05, 0) is 53.9 Å². The van der Waals surface area contributed by atoms with E-state index in [-0.39, 0.29) is 36.6 Å². The standard InChI is InChI=1S/C23H34N4O3S.HI/c1-4-24-22(26-17-23(2,28)19-9-14-31-16-19)25-15-21(27-10-12-30-13-11-27)18-5-7-20(29-3)8-6-18;/h5-9,14,16,21,28H,4,10-13,15,17H2,1-3H3,(H2,24,25,26);1H. The molecule has 1 aromatic carbocycles. The average Bonchev–Trinajstić information content (AvgIpc) is 3.35. The number of aliphatic imine (C=N–C) groups is 1. The average molecular weight is 575 g/mol. The Bertz CT molecular complexity index is 809. The van der Waals surface area contributed by atoms with E-state index >= 15 is 0 Å². The van der Waals surface area contributed by atoms with Gasteiger partial charge in [-0.25, -0.2) is 4.99 Å². The second-order valence-electron chi connectivity index (χ2n) is 7.80. The Balaban J connectivity index is 0.00000363. The molecule has 2 unspecified atom stereocenters. The predicted molar refractivity (Wildman–Crippen MR) is 141 cm³/mol. The number of nitrogens with zero attached hydrogens (tertiary/aromatic N) is 2. The number of nitrogens with one attached hydrogen (secondary N) is 2. The first-order valence-corrected chi connectivity index (χ1v) is 11.7. The van der Waals surface area contributed by atoms with E-state index in [4.69, 9.17) is 9.47 Å². The molecule has 0 saturated carbocycles. The maximum atomic E-state index is 10.8. The van der Waals surface area contributed by atoms with Gasteiger partial charge in [0, 0.05) is 26.2 Å². The number of hydrogen-bond donors (Lipinski definition) is 3. The first kappa shape index (κ1) is 26.8. The highest BCUT2D eigenvalue weighted by molar-refractivity contribution is 14.0. The van der Waals surface area contributed by atoms with Crippen LogP contribution in [0.3, 0.4) is 0 Å². The third-order valence-corrected chi connectivity index (χ3v) is 6.17. The SMILES string of the molecule is CCNC(=NCC(C)(O)c1ccsc1)NCC(c1ccc(OC)cc1)N1CCOCC1.I. The number of halogens is 1. The first-order chi connectivity index (χ1) is 15.0. The molecule has 1 aliphatic heterocycles. The molecule has 1 aromatic heterocycles. The fourth-order valence-electron chi connectivity index (χ4n) is 3.60. The second kappa shape index (κ2) is 13.3. The summed E-state index contributed by atoms with van der Waals surface area (Å²) in [5, 5.41) is 21.5. The third-order valence-electron chi connectivity index (χ3n) is 5.48. The number of methoxy groups -OCH3 is 1. The molecule has 0 aliphatic carbocycles. The minimum absolute atomic E-state index is 0. The van der Waals surface area contributed by atoms with Gasteiger partial charge in [-0.1, -0.05) is 12.1 Å². The van der Waals surface area contributed by atoms with Crippen LogP contribution in [-0.2, 0) is 10.3 Å². The van der Waals surface area contributed by atoms with E-state index in [1.54, 1.807) is 25.4 Å². The third kappa shape index (κ3) is 7.58. The van der Waals surface area contributed by atoms with E-state index < -0.39 is 5.60 Å². The lowest BCUT2D eigenvalue weighted by Crippen LogP contribution is -2.46. The Morgan fingerprint density at radius 2 is 1.97 bits per heavy atom. The number of thiophene rings is 1. The fraction of sp³-hybridized carbons (Fsp3) is 0.522. The van der Waals surface area contributed by atoms with Gasteiger partial charge < -0.3 is 25.2 Å². The molecule has 2 atom stereocenters. The molecule has 7 nitrogen and oxygen atoms in total. The molecule has 3 rings (SSSR count). The van der Waals surface area contributed by atoms with Crippen LogP contribution >= 0.6 is 35.3 Å². The number of benzene rings is 1. The van der Waals surface area contributed by atoms with Crippen LogP contribution in [0.4, 0.5) is 0 Å². The molecule has 32 heavy (non-hydrogen) atoms. The number of rotatable bonds is 9. The van der Waals surface area contributed by atoms with Crippen molar-refractivity contribution in [2.45, 2.75) is 25.5 Å². The van der Waals surface area contributed by atoms with Gasteiger partial charge in [-0.3, -0.25) is 4.90 Å². The molecule has 2 aromatic rings. The van der Waals surface area contributed by atoms with Crippen LogP contribution in [0.2, 0.25) is 0 Å². The molecule has 9 heteroatoms. The maximum absolute atomic E-state index is 10.8. The van der Waals surface area contributed by atoms with Crippen molar-refractivity contribution in [1.82, 2.24) is 15.5 Å². The quantitative estimate of drug-likeness (QED) is 0.243. The van der Waals surface area contributed by atoms with Crippen LogP contribution in [-0.4, -0.2) is 69.0 Å². The van der Waals surface area contributed by atoms with Gasteiger partial charge in [0.15, 0.2) is 5.96 Å². The molecule has 178 valence electrons. The Hall–Kier alpha value is -1.40. The summed E-state index contributed by atoms with van der Waals surface area (Å²) < 4.78 is 10.9. The number of morpholine rings is 1. The molecular weight excluding hydrogens is 539 g/mol. The first-order valence-electron chi connectivity index (χ1n) is 10.8. The van der Waals surface area contributed by atoms with Gasteiger partial charge in [0.05, 0.1) is 32.9 Å². The molecule has 3 N–H and O–H groups in total. The summed E-state index contributed by atoms with van der Waals surface area (Å²) in [6.45, 7) is 8.82. The maximum Gasteiger partial charge on any atom is 0.191 e. The van der Waals surface area contributed by atoms with Crippen molar-refractivity contribution in [3.8, 4) is 5.75 Å². The van der Waals surface area contributed by atoms with Crippen molar-refractivity contribution in [2.75, 3.05) is 53.0 Å². The monoisotopic (exact) mass is 574 g/mol. The van der Waals surface area contributed by atoms with Crippen LogP contribution in [0.5, 0.6) is 5.75 Å². The molecule has 0 radical (unpaired) electrons. The highest BCUT2D eigenvalue weighted by atomic mass is 127. The lowest BCUT2D eigenvalue weighted by Gasteiger charge is -2.35. The van der Waals surface area contributed by atoms with Crippen LogP contribution in [0.15, 0.2) is 46.1 Å². The molecular formula is C23H35IN4O3S. The largest absolute Gasteiger partial charge is 0.497 e. The summed E-state index contributed by atoms with van der Waals surface area (Å²) in [6, 6.07) is 10.4. The highest BCUT2D eigenvalue weighted by Crippen LogP contribution is 2.25. The number of guanidine groups is 1. The number of aliphatic hydroxyl groups is 1. The summed E-state index contributed by atoms with van der Waals surface area (Å²) in [7, 11) is 1.68. The zero-order chi connectivity index (χ0) is 22.1. The molecule has 0 amide bonds. The van der Waals surface area contributed by atoms with Crippen molar-refractivity contribution in [3.63, 3.8) is 0 Å². The fourth-order valence-corrected chi connectivity index (χ4v) is 4.39. The minimum Gasteiger partial charge on any atom is -0.497 e. The lowest BCUT2D eigenvalue weighted by atomic mass is 10.00. The van der Waals surface area contributed by atoms with Gasteiger partial charge in [-0.2, -0.15) is 11.3 Å². The van der Waals surface area contributed by atoms with Crippen molar-refractivity contribution in [1.29, 1.82) is 0 Å². The summed E-state index contributed by atoms with van der Waals surface area (Å²) in [4.78, 5) is 7.10. The van der Waals surface area contributed by atoms with Crippen molar-refractivity contribution in [3.05, 3.63) is 52.2 Å². The second-order valence-corrected chi connectivity index (χ2v) is 8.58. The predicted octanol–water partition coefficient (Wildman–Crippen LogP) is 3.21. The zero-order valence-corrected chi connectivity index (χ0v) is 22.2. The van der Waals surface area contributed by atoms with Crippen LogP contribution < -0.4 is 15.4 Å². The zero-order valence-electron chi connectivity index (χ0n) is 19.0. The van der Waals surface area contributed by atoms with Crippen LogP contribution in [0.25, 0.3) is 0 Å². The Morgan fingerprint density at radius 1 is 1.25 bits per heavy atom. The Kier molecular flexibility index (Phi) is 11.2. The van der Waals surface area contributed by atoms with E-state index in [2.05, 4.69) is 32.7 Å². The van der Waals surface area contributed by atoms with Gasteiger partial charge in [0.25, 0.3) is 0 Å². The van der Waals surface area contributed by atoms with E-state index in [1.165, 1.54) is 5.56 Å². The number of hydrogen-bond acceptors (Lipinski definition) is 6.